The van der Waals surface area contributed by atoms with Crippen molar-refractivity contribution >= 4 is 39.5 Å². The van der Waals surface area contributed by atoms with Gasteiger partial charge < -0.3 is 33.8 Å². The van der Waals surface area contributed by atoms with Crippen molar-refractivity contribution in [3.05, 3.63) is 0 Å². The van der Waals surface area contributed by atoms with Gasteiger partial charge in [-0.05, 0) is 31.6 Å². The first-order valence-electron chi connectivity index (χ1n) is 40.6. The minimum absolute atomic E-state index is 0.106. The molecule has 5 atom stereocenters. The molecular formula is C78H152O17P2. The average Bonchev–Trinajstić information content (AvgIpc) is 1.17. The summed E-state index contributed by atoms with van der Waals surface area (Å²) in [4.78, 5) is 72.8. The van der Waals surface area contributed by atoms with E-state index >= 15 is 0 Å². The van der Waals surface area contributed by atoms with E-state index in [1.54, 1.807) is 0 Å². The van der Waals surface area contributed by atoms with Crippen LogP contribution >= 0.6 is 15.6 Å². The van der Waals surface area contributed by atoms with Crippen LogP contribution in [0.4, 0.5) is 0 Å². The number of hydrogen-bond donors (Lipinski definition) is 3. The zero-order valence-corrected chi connectivity index (χ0v) is 65.0. The summed E-state index contributed by atoms with van der Waals surface area (Å²) in [5.41, 5.74) is 0. The van der Waals surface area contributed by atoms with E-state index in [9.17, 15) is 43.2 Å². The van der Waals surface area contributed by atoms with Gasteiger partial charge in [0, 0.05) is 25.7 Å². The minimum Gasteiger partial charge on any atom is -0.462 e. The van der Waals surface area contributed by atoms with Crippen LogP contribution in [-0.2, 0) is 65.4 Å². The highest BCUT2D eigenvalue weighted by Crippen LogP contribution is 2.45. The van der Waals surface area contributed by atoms with Gasteiger partial charge in [-0.1, -0.05) is 362 Å². The number of unbranched alkanes of at least 4 members (excludes halogenated alkanes) is 50. The summed E-state index contributed by atoms with van der Waals surface area (Å²) in [5.74, 6) is -1.38. The van der Waals surface area contributed by atoms with Crippen molar-refractivity contribution in [1.29, 1.82) is 0 Å². The molecule has 17 nitrogen and oxygen atoms in total. The number of ether oxygens (including phenoxy) is 4. The van der Waals surface area contributed by atoms with E-state index in [0.29, 0.717) is 25.7 Å². The summed E-state index contributed by atoms with van der Waals surface area (Å²) in [5, 5.41) is 10.6. The van der Waals surface area contributed by atoms with Crippen LogP contribution in [-0.4, -0.2) is 96.7 Å². The van der Waals surface area contributed by atoms with E-state index < -0.39 is 97.5 Å². The van der Waals surface area contributed by atoms with Crippen LogP contribution in [0.2, 0.25) is 0 Å². The van der Waals surface area contributed by atoms with Gasteiger partial charge in [0.2, 0.25) is 0 Å². The molecule has 0 fully saturated rings. The van der Waals surface area contributed by atoms with E-state index in [4.69, 9.17) is 37.0 Å². The van der Waals surface area contributed by atoms with Crippen LogP contribution < -0.4 is 0 Å². The van der Waals surface area contributed by atoms with Crippen molar-refractivity contribution in [2.75, 3.05) is 39.6 Å². The summed E-state index contributed by atoms with van der Waals surface area (Å²) >= 11 is 0. The average molecular weight is 1420 g/mol. The van der Waals surface area contributed by atoms with E-state index in [1.165, 1.54) is 238 Å². The van der Waals surface area contributed by atoms with E-state index in [2.05, 4.69) is 34.6 Å². The molecule has 0 heterocycles. The molecule has 0 aromatic carbocycles. The highest BCUT2D eigenvalue weighted by molar-refractivity contribution is 7.47. The molecular weight excluding hydrogens is 1270 g/mol. The molecule has 0 aliphatic carbocycles. The third kappa shape index (κ3) is 72.2. The molecule has 0 aromatic heterocycles. The lowest BCUT2D eigenvalue weighted by Crippen LogP contribution is -2.30. The normalized spacial score (nSPS) is 13.9. The van der Waals surface area contributed by atoms with Crippen LogP contribution in [0.5, 0.6) is 0 Å². The molecule has 0 amide bonds. The second-order valence-electron chi connectivity index (χ2n) is 28.6. The number of phosphoric acid groups is 2. The fraction of sp³-hybridized carbons (Fsp3) is 0.949. The smallest absolute Gasteiger partial charge is 0.462 e. The Morgan fingerprint density at radius 1 is 0.278 bits per heavy atom. The SMILES string of the molecule is CCCCCCCCCCCCCCCCCCCCCCCCC(=O)O[C@H](COC(=O)CCCCCCCCCCCCCCCC)COP(=O)(O)OC[C@@H](O)COP(=O)(O)OC[C@@H](COC(=O)CCCCCCCCCCC)OC(=O)CCCCCCCCCCCC(C)C. The first-order chi connectivity index (χ1) is 47.0. The molecule has 0 spiro atoms. The largest absolute Gasteiger partial charge is 0.472 e. The van der Waals surface area contributed by atoms with Crippen LogP contribution in [0.3, 0.4) is 0 Å². The van der Waals surface area contributed by atoms with E-state index in [-0.39, 0.29) is 25.7 Å². The predicted molar refractivity (Wildman–Crippen MR) is 395 cm³/mol. The van der Waals surface area contributed by atoms with Crippen molar-refractivity contribution in [2.45, 2.75) is 432 Å². The molecule has 2 unspecified atom stereocenters. The Morgan fingerprint density at radius 3 is 0.701 bits per heavy atom. The number of phosphoric ester groups is 2. The Morgan fingerprint density at radius 2 is 0.474 bits per heavy atom. The monoisotopic (exact) mass is 1420 g/mol. The molecule has 0 aliphatic heterocycles. The van der Waals surface area contributed by atoms with Crippen LogP contribution in [0.15, 0.2) is 0 Å². The summed E-state index contributed by atoms with van der Waals surface area (Å²) in [7, 11) is -9.91. The summed E-state index contributed by atoms with van der Waals surface area (Å²) in [6.45, 7) is 7.26. The molecule has 0 saturated heterocycles. The molecule has 3 N–H and O–H groups in total. The third-order valence-electron chi connectivity index (χ3n) is 18.3. The molecule has 0 aliphatic rings. The lowest BCUT2D eigenvalue weighted by atomic mass is 10.0. The Bertz CT molecular complexity index is 1860. The van der Waals surface area contributed by atoms with E-state index in [0.717, 1.165) is 95.8 Å². The standard InChI is InChI=1S/C78H152O17P2/c1-6-9-12-15-18-21-23-25-27-28-29-30-31-32-33-34-36-38-43-48-53-58-63-77(82)94-74(68-89-76(81)62-57-52-47-42-37-35-26-24-22-19-16-13-10-7-2)70-93-97(86,87)91-66-72(79)65-90-96(84,85)92-69-73(67-88-75(80)61-56-51-46-40-20-17-14-11-8-3)95-78(83)64-59-54-49-44-39-41-45-50-55-60-71(4)5/h71-74,79H,6-70H2,1-5H3,(H,84,85)(H,86,87)/t72-,73+,74+/m0/s1. The van der Waals surface area contributed by atoms with Crippen LogP contribution in [0.25, 0.3) is 0 Å². The number of hydrogen-bond acceptors (Lipinski definition) is 15. The van der Waals surface area contributed by atoms with Crippen LogP contribution in [0, 0.1) is 5.92 Å². The second kappa shape index (κ2) is 71.1. The molecule has 0 aromatic rings. The molecule has 19 heteroatoms. The van der Waals surface area contributed by atoms with Gasteiger partial charge >= 0.3 is 39.5 Å². The fourth-order valence-corrected chi connectivity index (χ4v) is 13.6. The van der Waals surface area contributed by atoms with E-state index in [1.807, 2.05) is 0 Å². The zero-order chi connectivity index (χ0) is 71.2. The molecule has 0 saturated carbocycles. The zero-order valence-electron chi connectivity index (χ0n) is 63.2. The number of aliphatic hydroxyl groups excluding tert-OH is 1. The second-order valence-corrected chi connectivity index (χ2v) is 31.5. The van der Waals surface area contributed by atoms with Crippen molar-refractivity contribution in [3.63, 3.8) is 0 Å². The lowest BCUT2D eigenvalue weighted by molar-refractivity contribution is -0.161. The van der Waals surface area contributed by atoms with Crippen molar-refractivity contribution < 1.29 is 80.2 Å². The van der Waals surface area contributed by atoms with Gasteiger partial charge in [0.15, 0.2) is 12.2 Å². The predicted octanol–water partition coefficient (Wildman–Crippen LogP) is 23.3. The lowest BCUT2D eigenvalue weighted by Gasteiger charge is -2.21. The topological polar surface area (TPSA) is 237 Å². The van der Waals surface area contributed by atoms with Gasteiger partial charge in [0.1, 0.15) is 19.3 Å². The summed E-state index contributed by atoms with van der Waals surface area (Å²) in [6, 6.07) is 0. The van der Waals surface area contributed by atoms with Gasteiger partial charge in [-0.2, -0.15) is 0 Å². The number of carbonyl (C=O) groups is 4. The number of carbonyl (C=O) groups excluding carboxylic acids is 4. The molecule has 0 radical (unpaired) electrons. The van der Waals surface area contributed by atoms with Crippen molar-refractivity contribution in [1.82, 2.24) is 0 Å². The fourth-order valence-electron chi connectivity index (χ4n) is 12.1. The maximum atomic E-state index is 13.1. The summed E-state index contributed by atoms with van der Waals surface area (Å²) in [6.07, 6.45) is 61.2. The van der Waals surface area contributed by atoms with Gasteiger partial charge in [-0.3, -0.25) is 37.3 Å². The molecule has 576 valence electrons. The van der Waals surface area contributed by atoms with Crippen molar-refractivity contribution in [2.24, 2.45) is 5.92 Å². The Balaban J connectivity index is 5.18. The van der Waals surface area contributed by atoms with Gasteiger partial charge in [0.05, 0.1) is 26.4 Å². The Labute approximate surface area is 594 Å². The van der Waals surface area contributed by atoms with Crippen LogP contribution in [0.1, 0.15) is 413 Å². The number of esters is 4. The molecule has 0 bridgehead atoms. The van der Waals surface area contributed by atoms with Crippen molar-refractivity contribution in [3.8, 4) is 0 Å². The minimum atomic E-state index is -4.96. The number of aliphatic hydroxyl groups is 1. The highest BCUT2D eigenvalue weighted by Gasteiger charge is 2.30. The summed E-state index contributed by atoms with van der Waals surface area (Å²) < 4.78 is 68.5. The van der Waals surface area contributed by atoms with Gasteiger partial charge in [0.25, 0.3) is 0 Å². The Kier molecular flexibility index (Phi) is 69.6. The maximum absolute atomic E-state index is 13.1. The third-order valence-corrected chi connectivity index (χ3v) is 20.2. The maximum Gasteiger partial charge on any atom is 0.472 e. The Hall–Kier alpha value is -1.94. The first-order valence-corrected chi connectivity index (χ1v) is 43.6. The molecule has 97 heavy (non-hydrogen) atoms. The van der Waals surface area contributed by atoms with Gasteiger partial charge in [-0.25, -0.2) is 9.13 Å². The highest BCUT2D eigenvalue weighted by atomic mass is 31.2. The number of rotatable bonds is 78. The molecule has 0 rings (SSSR count). The first kappa shape index (κ1) is 95.1. The quantitative estimate of drug-likeness (QED) is 0.0222. The van der Waals surface area contributed by atoms with Gasteiger partial charge in [-0.15, -0.1) is 0 Å².